The van der Waals surface area contributed by atoms with Crippen LogP contribution in [0.1, 0.15) is 79.1 Å². The second-order valence-corrected chi connectivity index (χ2v) is 9.68. The Kier molecular flexibility index (Phi) is 11.3. The van der Waals surface area contributed by atoms with E-state index < -0.39 is 0 Å². The molecule has 190 valence electrons. The van der Waals surface area contributed by atoms with Gasteiger partial charge in [0.15, 0.2) is 11.5 Å². The van der Waals surface area contributed by atoms with Crippen LogP contribution in [0.2, 0.25) is 0 Å². The lowest BCUT2D eigenvalue weighted by Gasteiger charge is -2.19. The zero-order valence-corrected chi connectivity index (χ0v) is 22.2. The topological polar surface area (TPSA) is 27.7 Å². The number of rotatable bonds is 16. The highest BCUT2D eigenvalue weighted by atomic mass is 16.5. The predicted molar refractivity (Wildman–Crippen MR) is 148 cm³/mol. The fraction of sp³-hybridized carbons (Fsp3) is 0.500. The minimum Gasteiger partial charge on any atom is -0.493 e. The minimum atomic E-state index is 0.555. The van der Waals surface area contributed by atoms with Crippen LogP contribution < -0.4 is 14.2 Å². The molecule has 0 amide bonds. The van der Waals surface area contributed by atoms with Gasteiger partial charge >= 0.3 is 0 Å². The van der Waals surface area contributed by atoms with Crippen molar-refractivity contribution in [3.63, 3.8) is 0 Å². The average Bonchev–Trinajstić information content (AvgIpc) is 2.89. The van der Waals surface area contributed by atoms with E-state index >= 15 is 0 Å². The summed E-state index contributed by atoms with van der Waals surface area (Å²) in [5, 5.41) is 2.23. The molecule has 2 atom stereocenters. The minimum absolute atomic E-state index is 0.555. The van der Waals surface area contributed by atoms with Gasteiger partial charge in [-0.15, -0.1) is 0 Å². The smallest absolute Gasteiger partial charge is 0.169 e. The van der Waals surface area contributed by atoms with Crippen molar-refractivity contribution in [1.29, 1.82) is 0 Å². The van der Waals surface area contributed by atoms with Crippen LogP contribution in [0.3, 0.4) is 0 Å². The molecule has 0 N–H and O–H groups in total. The lowest BCUT2D eigenvalue weighted by molar-refractivity contribution is 0.227. The highest BCUT2D eigenvalue weighted by Crippen LogP contribution is 2.37. The van der Waals surface area contributed by atoms with E-state index in [1.165, 1.54) is 38.5 Å². The molecule has 3 aromatic rings. The Bertz CT molecular complexity index is 998. The lowest BCUT2D eigenvalue weighted by atomic mass is 10.0. The lowest BCUT2D eigenvalue weighted by Crippen LogP contribution is -2.12. The van der Waals surface area contributed by atoms with Gasteiger partial charge in [-0.05, 0) is 71.8 Å². The van der Waals surface area contributed by atoms with Crippen molar-refractivity contribution in [3.05, 3.63) is 60.7 Å². The van der Waals surface area contributed by atoms with Gasteiger partial charge in [-0.25, -0.2) is 0 Å². The molecule has 0 radical (unpaired) electrons. The fourth-order valence-electron chi connectivity index (χ4n) is 4.35. The van der Waals surface area contributed by atoms with E-state index in [-0.39, 0.29) is 0 Å². The maximum atomic E-state index is 6.40. The molecule has 0 aliphatic heterocycles. The van der Waals surface area contributed by atoms with Crippen molar-refractivity contribution in [2.24, 2.45) is 11.8 Å². The van der Waals surface area contributed by atoms with E-state index in [1.54, 1.807) is 0 Å². The van der Waals surface area contributed by atoms with Crippen LogP contribution >= 0.6 is 0 Å². The van der Waals surface area contributed by atoms with Gasteiger partial charge in [-0.2, -0.15) is 0 Å². The molecule has 0 bridgehead atoms. The van der Waals surface area contributed by atoms with Gasteiger partial charge in [0, 0.05) is 0 Å². The third-order valence-corrected chi connectivity index (χ3v) is 6.89. The van der Waals surface area contributed by atoms with Crippen LogP contribution in [-0.4, -0.2) is 13.2 Å². The van der Waals surface area contributed by atoms with Crippen LogP contribution in [0.25, 0.3) is 10.8 Å². The van der Waals surface area contributed by atoms with Gasteiger partial charge in [-0.3, -0.25) is 0 Å². The van der Waals surface area contributed by atoms with E-state index in [2.05, 4.69) is 58.0 Å². The van der Waals surface area contributed by atoms with Crippen molar-refractivity contribution in [3.8, 4) is 23.0 Å². The summed E-state index contributed by atoms with van der Waals surface area (Å²) in [6, 6.07) is 20.5. The summed E-state index contributed by atoms with van der Waals surface area (Å²) in [7, 11) is 0. The average molecular weight is 477 g/mol. The van der Waals surface area contributed by atoms with E-state index in [0.29, 0.717) is 18.4 Å². The molecule has 0 fully saturated rings. The SMILES string of the molecule is CCCCC(CC)COc1ccc2cc(Oc3ccccc3)c(OCC(CC)CCCC)cc2c1. The van der Waals surface area contributed by atoms with Gasteiger partial charge in [-0.1, -0.05) is 90.5 Å². The standard InChI is InChI=1S/C32H44O3/c1-5-9-14-25(7-3)23-33-30-19-18-27-21-32(35-29-16-12-11-13-17-29)31(22-28(27)20-30)34-24-26(8-4)15-10-6-2/h11-13,16-22,25-26H,5-10,14-15,23-24H2,1-4H3. The zero-order valence-electron chi connectivity index (χ0n) is 22.2. The molecule has 0 aliphatic rings. The monoisotopic (exact) mass is 476 g/mol. The first-order valence-electron chi connectivity index (χ1n) is 13.7. The quantitative estimate of drug-likeness (QED) is 0.206. The van der Waals surface area contributed by atoms with Crippen LogP contribution in [0.4, 0.5) is 0 Å². The van der Waals surface area contributed by atoms with Crippen molar-refractivity contribution < 1.29 is 14.2 Å². The number of ether oxygens (including phenoxy) is 3. The highest BCUT2D eigenvalue weighted by molar-refractivity contribution is 5.87. The molecule has 0 aliphatic carbocycles. The number of hydrogen-bond donors (Lipinski definition) is 0. The van der Waals surface area contributed by atoms with E-state index in [1.807, 2.05) is 30.3 Å². The first kappa shape index (κ1) is 26.9. The number of benzene rings is 3. The molecule has 3 nitrogen and oxygen atoms in total. The highest BCUT2D eigenvalue weighted by Gasteiger charge is 2.14. The molecular formula is C32H44O3. The normalized spacial score (nSPS) is 12.9. The first-order chi connectivity index (χ1) is 17.2. The van der Waals surface area contributed by atoms with Gasteiger partial charge in [0.1, 0.15) is 11.5 Å². The summed E-state index contributed by atoms with van der Waals surface area (Å²) in [4.78, 5) is 0. The molecule has 0 heterocycles. The van der Waals surface area contributed by atoms with Gasteiger partial charge < -0.3 is 14.2 Å². The molecule has 0 aromatic heterocycles. The maximum Gasteiger partial charge on any atom is 0.169 e. The Morgan fingerprint density at radius 2 is 1.23 bits per heavy atom. The number of para-hydroxylation sites is 1. The molecule has 0 spiro atoms. The molecule has 0 saturated heterocycles. The second-order valence-electron chi connectivity index (χ2n) is 9.68. The molecule has 3 rings (SSSR count). The Hall–Kier alpha value is -2.68. The Morgan fingerprint density at radius 1 is 0.600 bits per heavy atom. The largest absolute Gasteiger partial charge is 0.493 e. The van der Waals surface area contributed by atoms with Crippen molar-refractivity contribution in [1.82, 2.24) is 0 Å². The third kappa shape index (κ3) is 8.49. The van der Waals surface area contributed by atoms with Crippen molar-refractivity contribution in [2.45, 2.75) is 79.1 Å². The molecule has 3 aromatic carbocycles. The maximum absolute atomic E-state index is 6.40. The van der Waals surface area contributed by atoms with E-state index in [4.69, 9.17) is 14.2 Å². The van der Waals surface area contributed by atoms with Crippen LogP contribution in [0.15, 0.2) is 60.7 Å². The van der Waals surface area contributed by atoms with E-state index in [0.717, 1.165) is 53.2 Å². The number of hydrogen-bond acceptors (Lipinski definition) is 3. The second kappa shape index (κ2) is 14.7. The predicted octanol–water partition coefficient (Wildman–Crippen LogP) is 9.82. The summed E-state index contributed by atoms with van der Waals surface area (Å²) in [6.45, 7) is 10.5. The van der Waals surface area contributed by atoms with E-state index in [9.17, 15) is 0 Å². The van der Waals surface area contributed by atoms with Crippen LogP contribution in [-0.2, 0) is 0 Å². The molecule has 0 saturated carbocycles. The van der Waals surface area contributed by atoms with Crippen LogP contribution in [0, 0.1) is 11.8 Å². The van der Waals surface area contributed by atoms with Crippen molar-refractivity contribution in [2.75, 3.05) is 13.2 Å². The summed E-state index contributed by atoms with van der Waals surface area (Å²) >= 11 is 0. The third-order valence-electron chi connectivity index (χ3n) is 6.89. The molecular weight excluding hydrogens is 432 g/mol. The van der Waals surface area contributed by atoms with Gasteiger partial charge in [0.25, 0.3) is 0 Å². The first-order valence-corrected chi connectivity index (χ1v) is 13.7. The zero-order chi connectivity index (χ0) is 24.9. The Labute approximate surface area is 212 Å². The van der Waals surface area contributed by atoms with Gasteiger partial charge in [0.05, 0.1) is 13.2 Å². The fourth-order valence-corrected chi connectivity index (χ4v) is 4.35. The van der Waals surface area contributed by atoms with Crippen LogP contribution in [0.5, 0.6) is 23.0 Å². The molecule has 3 heteroatoms. The molecule has 2 unspecified atom stereocenters. The summed E-state index contributed by atoms with van der Waals surface area (Å²) in [5.74, 6) is 4.45. The summed E-state index contributed by atoms with van der Waals surface area (Å²) < 4.78 is 18.9. The number of fused-ring (bicyclic) bond motifs is 1. The number of unbranched alkanes of at least 4 members (excludes halogenated alkanes) is 2. The van der Waals surface area contributed by atoms with Gasteiger partial charge in [0.2, 0.25) is 0 Å². The summed E-state index contributed by atoms with van der Waals surface area (Å²) in [6.07, 6.45) is 9.67. The Morgan fingerprint density at radius 3 is 1.86 bits per heavy atom. The summed E-state index contributed by atoms with van der Waals surface area (Å²) in [5.41, 5.74) is 0. The van der Waals surface area contributed by atoms with Crippen molar-refractivity contribution >= 4 is 10.8 Å². The molecule has 35 heavy (non-hydrogen) atoms. The Balaban J connectivity index is 1.82.